The van der Waals surface area contributed by atoms with E-state index in [1.54, 1.807) is 4.90 Å². The van der Waals surface area contributed by atoms with E-state index in [9.17, 15) is 57.6 Å². The molecule has 5 heterocycles. The molecule has 2 saturated heterocycles. The highest BCUT2D eigenvalue weighted by Gasteiger charge is 2.42. The van der Waals surface area contributed by atoms with E-state index < -0.39 is 88.2 Å². The molecule has 0 aliphatic carbocycles. The number of benzene rings is 2. The molecule has 0 spiro atoms. The van der Waals surface area contributed by atoms with Crippen LogP contribution in [0, 0.1) is 25.7 Å². The van der Waals surface area contributed by atoms with Gasteiger partial charge in [0.05, 0.1) is 70.7 Å². The summed E-state index contributed by atoms with van der Waals surface area (Å²) >= 11 is 0. The fraction of sp³-hybridized carbons (Fsp3) is 0.519. The number of H-pyrrole nitrogens is 2. The van der Waals surface area contributed by atoms with Crippen LogP contribution in [0.3, 0.4) is 0 Å². The van der Waals surface area contributed by atoms with Gasteiger partial charge in [-0.25, -0.2) is 9.59 Å². The van der Waals surface area contributed by atoms with Crippen LogP contribution in [0.5, 0.6) is 0 Å². The number of aromatic nitrogens is 4. The first-order chi connectivity index (χ1) is 38.8. The van der Waals surface area contributed by atoms with E-state index in [4.69, 9.17) is 37.0 Å². The van der Waals surface area contributed by atoms with Crippen molar-refractivity contribution in [3.63, 3.8) is 0 Å². The monoisotopic (exact) mass is 1170 g/mol. The molecule has 2 aromatic carbocycles. The third-order valence-electron chi connectivity index (χ3n) is 13.2. The summed E-state index contributed by atoms with van der Waals surface area (Å²) in [6, 6.07) is 15.1. The molecule has 3 aliphatic heterocycles. The maximum atomic E-state index is 13.4. The van der Waals surface area contributed by atoms with Gasteiger partial charge in [-0.1, -0.05) is 55.0 Å². The molecule has 2 aromatic heterocycles. The number of phosphoric acid groups is 2. The second-order valence-corrected chi connectivity index (χ2v) is 22.0. The molecular weight excluding hydrogens is 1100 g/mol. The average Bonchev–Trinajstić information content (AvgIpc) is 4.01. The Morgan fingerprint density at radius 1 is 0.679 bits per heavy atom. The van der Waals surface area contributed by atoms with E-state index in [1.807, 2.05) is 48.5 Å². The Balaban J connectivity index is 0.724. The summed E-state index contributed by atoms with van der Waals surface area (Å²) in [7, 11) is -10.3. The van der Waals surface area contributed by atoms with E-state index in [1.165, 1.54) is 26.2 Å². The topological polar surface area (TPSA) is 363 Å². The number of aryl methyl sites for hydroxylation is 2. The predicted molar refractivity (Wildman–Crippen MR) is 283 cm³/mol. The minimum Gasteiger partial charge on any atom is -0.756 e. The summed E-state index contributed by atoms with van der Waals surface area (Å²) in [5, 5.41) is 16.1. The Morgan fingerprint density at radius 2 is 1.26 bits per heavy atom. The van der Waals surface area contributed by atoms with Crippen LogP contribution in [0.1, 0.15) is 98.1 Å². The molecule has 0 bridgehead atoms. The molecular formula is C52H65N7O20P2-2. The maximum Gasteiger partial charge on any atom is 0.330 e. The van der Waals surface area contributed by atoms with Crippen molar-refractivity contribution in [1.82, 2.24) is 29.7 Å². The number of carbonyl (C=O) groups is 3. The molecule has 2 fully saturated rings. The fourth-order valence-electron chi connectivity index (χ4n) is 8.81. The normalized spacial score (nSPS) is 20.9. The lowest BCUT2D eigenvalue weighted by molar-refractivity contribution is -0.236. The quantitative estimate of drug-likeness (QED) is 0.0276. The van der Waals surface area contributed by atoms with Crippen molar-refractivity contribution in [3.8, 4) is 11.8 Å². The van der Waals surface area contributed by atoms with Crippen molar-refractivity contribution in [2.75, 3.05) is 64.2 Å². The number of aromatic amines is 2. The van der Waals surface area contributed by atoms with E-state index in [0.717, 1.165) is 25.8 Å². The standard InChI is InChI=1S/C52H67N7O20P2/c1-34-29-58(51(66)55-49(34)64)47-27-40(60)42(77-47)32-76-81(70,71)79-41-28-48(59-30-35(2)50(65)56-52(59)67)78-43(41)33-75-80(68,69)74-22-10-4-3-9-20-53-45(62)19-23-72-25-26-73-24-21-54-44(61)17-18-46(63)57-31-38-13-6-5-11-36(38)15-16-37-12-7-8-14-39(37)57/h5-8,11-14,29-30,40-43,47-48,60H,3-4,9-10,17-28,31-33H2,1-2H3,(H,53,62)(H,54,61)(H,68,69)(H,70,71)(H,55,64,66)(H,56,65,67)/p-2/t40?,41?,42-,43-,47-,48-/m1/s1. The summed E-state index contributed by atoms with van der Waals surface area (Å²) in [6.45, 7) is 2.83. The van der Waals surface area contributed by atoms with Crippen LogP contribution in [0.2, 0.25) is 0 Å². The largest absolute Gasteiger partial charge is 0.756 e. The predicted octanol–water partition coefficient (Wildman–Crippen LogP) is 0.954. The maximum absolute atomic E-state index is 13.4. The average molecular weight is 1170 g/mol. The molecule has 7 rings (SSSR count). The first kappa shape index (κ1) is 62.4. The molecule has 0 saturated carbocycles. The van der Waals surface area contributed by atoms with E-state index in [2.05, 4.69) is 32.4 Å². The number of amides is 3. The van der Waals surface area contributed by atoms with Gasteiger partial charge in [-0.3, -0.25) is 52.2 Å². The van der Waals surface area contributed by atoms with Crippen LogP contribution >= 0.6 is 15.6 Å². The van der Waals surface area contributed by atoms with Gasteiger partial charge in [0, 0.05) is 79.8 Å². The molecule has 3 amide bonds. The summed E-state index contributed by atoms with van der Waals surface area (Å²) in [5.74, 6) is 5.66. The number of rotatable bonds is 30. The van der Waals surface area contributed by atoms with Crippen LogP contribution in [-0.4, -0.2) is 126 Å². The van der Waals surface area contributed by atoms with Gasteiger partial charge < -0.3 is 67.5 Å². The van der Waals surface area contributed by atoms with Gasteiger partial charge in [0.2, 0.25) is 17.7 Å². The van der Waals surface area contributed by atoms with Crippen molar-refractivity contribution in [2.24, 2.45) is 0 Å². The Kier molecular flexibility index (Phi) is 22.9. The van der Waals surface area contributed by atoms with Gasteiger partial charge >= 0.3 is 11.4 Å². The number of anilines is 1. The van der Waals surface area contributed by atoms with Crippen LogP contribution < -0.4 is 47.8 Å². The number of nitrogens with zero attached hydrogens (tertiary/aromatic N) is 3. The van der Waals surface area contributed by atoms with Crippen molar-refractivity contribution < 1.29 is 75.4 Å². The number of para-hydroxylation sites is 1. The second kappa shape index (κ2) is 29.7. The van der Waals surface area contributed by atoms with Gasteiger partial charge in [-0.2, -0.15) is 0 Å². The number of phosphoric ester groups is 2. The molecule has 27 nitrogen and oxygen atoms in total. The smallest absolute Gasteiger partial charge is 0.330 e. The number of nitrogens with one attached hydrogen (secondary N) is 4. The van der Waals surface area contributed by atoms with Crippen LogP contribution in [-0.2, 0) is 67.1 Å². The molecule has 8 atom stereocenters. The number of aliphatic hydroxyl groups is 1. The van der Waals surface area contributed by atoms with Crippen LogP contribution in [0.4, 0.5) is 5.69 Å². The summed E-state index contributed by atoms with van der Waals surface area (Å²) in [6.07, 6.45) is -3.81. The summed E-state index contributed by atoms with van der Waals surface area (Å²) in [4.78, 5) is 119. The third-order valence-corrected chi connectivity index (χ3v) is 15.1. The summed E-state index contributed by atoms with van der Waals surface area (Å²) in [5.41, 5.74) is 0.501. The van der Waals surface area contributed by atoms with Crippen LogP contribution in [0.25, 0.3) is 0 Å². The molecule has 29 heteroatoms. The first-order valence-corrected chi connectivity index (χ1v) is 29.2. The Bertz CT molecular complexity index is 3240. The SMILES string of the molecule is Cc1cn([C@H]2CC(O)[C@@H](COP(=O)([O-])OC3C[C@H](n4cc(C)c(=O)[nH]c4=O)O[C@@H]3COP(=O)([O-])OCCCCCCNC(=O)CCOCCOCCNC(=O)CCC(=O)N3Cc4ccccc4C#Cc4ccccc43)O2)c(=O)[nH]c1=O. The van der Waals surface area contributed by atoms with Gasteiger partial charge in [-0.05, 0) is 50.5 Å². The van der Waals surface area contributed by atoms with Gasteiger partial charge in [0.25, 0.3) is 26.8 Å². The minimum atomic E-state index is -5.32. The molecule has 4 unspecified atom stereocenters. The lowest BCUT2D eigenvalue weighted by Gasteiger charge is -2.30. The number of aliphatic hydroxyl groups excluding tert-OH is 1. The first-order valence-electron chi connectivity index (χ1n) is 26.3. The van der Waals surface area contributed by atoms with Crippen molar-refractivity contribution >= 4 is 39.1 Å². The van der Waals surface area contributed by atoms with E-state index in [-0.39, 0.29) is 101 Å². The molecule has 81 heavy (non-hydrogen) atoms. The number of unbranched alkanes of at least 4 members (excludes halogenated alkanes) is 3. The van der Waals surface area contributed by atoms with E-state index in [0.29, 0.717) is 44.5 Å². The second-order valence-electron chi connectivity index (χ2n) is 19.2. The number of hydrogen-bond donors (Lipinski definition) is 5. The highest BCUT2D eigenvalue weighted by atomic mass is 31.2. The zero-order chi connectivity index (χ0) is 58.1. The van der Waals surface area contributed by atoms with Gasteiger partial charge in [-0.15, -0.1) is 0 Å². The zero-order valence-corrected chi connectivity index (χ0v) is 46.4. The fourth-order valence-corrected chi connectivity index (χ4v) is 10.5. The molecule has 3 aliphatic rings. The molecule has 4 aromatic rings. The lowest BCUT2D eigenvalue weighted by atomic mass is 10.0. The number of fused-ring (bicyclic) bond motifs is 2. The third kappa shape index (κ3) is 18.7. The Hall–Kier alpha value is -6.21. The molecule has 0 radical (unpaired) electrons. The Morgan fingerprint density at radius 3 is 1.99 bits per heavy atom. The number of carbonyl (C=O) groups excluding carboxylic acids is 3. The van der Waals surface area contributed by atoms with Gasteiger partial charge in [0.15, 0.2) is 0 Å². The summed E-state index contributed by atoms with van der Waals surface area (Å²) < 4.78 is 70.8. The van der Waals surface area contributed by atoms with E-state index >= 15 is 0 Å². The number of hydrogen-bond acceptors (Lipinski definition) is 20. The highest BCUT2D eigenvalue weighted by molar-refractivity contribution is 7.46. The van der Waals surface area contributed by atoms with Crippen molar-refractivity contribution in [2.45, 2.75) is 115 Å². The zero-order valence-electron chi connectivity index (χ0n) is 44.6. The minimum absolute atomic E-state index is 0.00909. The highest BCUT2D eigenvalue weighted by Crippen LogP contribution is 2.47. The van der Waals surface area contributed by atoms with Crippen molar-refractivity contribution in [1.29, 1.82) is 0 Å². The number of ether oxygens (including phenoxy) is 4. The lowest BCUT2D eigenvalue weighted by Crippen LogP contribution is -2.34. The molecule has 5 N–H and O–H groups in total. The van der Waals surface area contributed by atoms with Crippen LogP contribution in [0.15, 0.2) is 80.1 Å². The van der Waals surface area contributed by atoms with Crippen molar-refractivity contribution in [3.05, 3.63) is 130 Å². The molecule has 440 valence electrons. The van der Waals surface area contributed by atoms with Gasteiger partial charge in [0.1, 0.15) is 24.7 Å². The Labute approximate surface area is 464 Å².